The van der Waals surface area contributed by atoms with Crippen molar-refractivity contribution in [2.75, 3.05) is 18.2 Å². The number of hydrogen-bond acceptors (Lipinski definition) is 8. The van der Waals surface area contributed by atoms with Gasteiger partial charge in [0.15, 0.2) is 11.0 Å². The fourth-order valence-corrected chi connectivity index (χ4v) is 4.00. The predicted octanol–water partition coefficient (Wildman–Crippen LogP) is 4.19. The van der Waals surface area contributed by atoms with E-state index in [1.165, 1.54) is 31.0 Å². The van der Waals surface area contributed by atoms with E-state index in [1.54, 1.807) is 17.7 Å². The number of nitro groups is 1. The van der Waals surface area contributed by atoms with Crippen molar-refractivity contribution in [3.8, 4) is 11.5 Å². The van der Waals surface area contributed by atoms with Crippen LogP contribution in [0.2, 0.25) is 0 Å². The number of nitrogens with one attached hydrogen (secondary N) is 1. The first-order valence-corrected chi connectivity index (χ1v) is 11.2. The molecule has 3 aromatic carbocycles. The summed E-state index contributed by atoms with van der Waals surface area (Å²) in [6.45, 7) is 0.211. The van der Waals surface area contributed by atoms with Gasteiger partial charge in [-0.05, 0) is 23.6 Å². The summed E-state index contributed by atoms with van der Waals surface area (Å²) in [7, 11) is 3.20. The maximum absolute atomic E-state index is 12.4. The summed E-state index contributed by atoms with van der Waals surface area (Å²) in [6.07, 6.45) is 0. The topological polar surface area (TPSA) is 121 Å². The van der Waals surface area contributed by atoms with Crippen LogP contribution in [0.15, 0.2) is 65.8 Å². The van der Waals surface area contributed by atoms with Crippen LogP contribution >= 0.6 is 11.8 Å². The van der Waals surface area contributed by atoms with Crippen LogP contribution in [0.4, 0.5) is 11.4 Å². The van der Waals surface area contributed by atoms with Crippen molar-refractivity contribution in [3.05, 3.63) is 76.6 Å². The third-order valence-corrected chi connectivity index (χ3v) is 6.06. The molecule has 34 heavy (non-hydrogen) atoms. The van der Waals surface area contributed by atoms with Crippen LogP contribution in [-0.2, 0) is 18.4 Å². The van der Waals surface area contributed by atoms with E-state index in [0.29, 0.717) is 16.7 Å². The van der Waals surface area contributed by atoms with Crippen LogP contribution in [0.1, 0.15) is 5.82 Å². The van der Waals surface area contributed by atoms with Gasteiger partial charge in [-0.1, -0.05) is 48.2 Å². The Morgan fingerprint density at radius 3 is 2.74 bits per heavy atom. The van der Waals surface area contributed by atoms with Crippen molar-refractivity contribution in [1.82, 2.24) is 14.8 Å². The molecule has 0 atom stereocenters. The molecule has 1 aromatic heterocycles. The predicted molar refractivity (Wildman–Crippen MR) is 128 cm³/mol. The molecule has 1 heterocycles. The van der Waals surface area contributed by atoms with E-state index in [1.807, 2.05) is 42.5 Å². The highest BCUT2D eigenvalue weighted by atomic mass is 32.2. The minimum atomic E-state index is -0.573. The number of methoxy groups -OCH3 is 1. The minimum absolute atomic E-state index is 0.000658. The number of ether oxygens (including phenoxy) is 2. The van der Waals surface area contributed by atoms with Crippen molar-refractivity contribution in [1.29, 1.82) is 0 Å². The van der Waals surface area contributed by atoms with Gasteiger partial charge in [-0.25, -0.2) is 0 Å². The van der Waals surface area contributed by atoms with Gasteiger partial charge in [-0.15, -0.1) is 10.2 Å². The maximum Gasteiger partial charge on any atom is 0.296 e. The lowest BCUT2D eigenvalue weighted by molar-refractivity contribution is -0.384. The molecule has 0 aliphatic heterocycles. The number of fused-ring (bicyclic) bond motifs is 1. The highest BCUT2D eigenvalue weighted by molar-refractivity contribution is 7.99. The highest BCUT2D eigenvalue weighted by Gasteiger charge is 2.18. The first kappa shape index (κ1) is 23.1. The Labute approximate surface area is 199 Å². The summed E-state index contributed by atoms with van der Waals surface area (Å²) in [5, 5.41) is 24.8. The van der Waals surface area contributed by atoms with Crippen molar-refractivity contribution in [2.24, 2.45) is 7.05 Å². The van der Waals surface area contributed by atoms with Crippen LogP contribution in [0.3, 0.4) is 0 Å². The number of anilines is 1. The van der Waals surface area contributed by atoms with Gasteiger partial charge in [0, 0.05) is 12.4 Å². The number of benzene rings is 3. The summed E-state index contributed by atoms with van der Waals surface area (Å²) >= 11 is 1.17. The molecule has 0 aliphatic carbocycles. The van der Waals surface area contributed by atoms with E-state index in [0.717, 1.165) is 16.5 Å². The van der Waals surface area contributed by atoms with Gasteiger partial charge in [0.2, 0.25) is 5.91 Å². The van der Waals surface area contributed by atoms with Crippen LogP contribution in [0.5, 0.6) is 11.5 Å². The zero-order valence-electron chi connectivity index (χ0n) is 18.4. The molecule has 4 rings (SSSR count). The zero-order valence-corrected chi connectivity index (χ0v) is 19.2. The lowest BCUT2D eigenvalue weighted by Gasteiger charge is -2.09. The minimum Gasteiger partial charge on any atom is -0.496 e. The van der Waals surface area contributed by atoms with Gasteiger partial charge in [0.05, 0.1) is 23.9 Å². The molecular weight excluding hydrogens is 458 g/mol. The van der Waals surface area contributed by atoms with E-state index in [-0.39, 0.29) is 23.7 Å². The van der Waals surface area contributed by atoms with Gasteiger partial charge >= 0.3 is 0 Å². The first-order chi connectivity index (χ1) is 16.5. The average molecular weight is 480 g/mol. The largest absolute Gasteiger partial charge is 0.496 e. The molecule has 4 aromatic rings. The number of nitrogens with zero attached hydrogens (tertiary/aromatic N) is 4. The second-order valence-corrected chi connectivity index (χ2v) is 8.14. The monoisotopic (exact) mass is 479 g/mol. The summed E-state index contributed by atoms with van der Waals surface area (Å²) in [5.41, 5.74) is -0.150. The molecule has 0 unspecified atom stereocenters. The fourth-order valence-electron chi connectivity index (χ4n) is 3.27. The number of carbonyl (C=O) groups excluding carboxylic acids is 1. The zero-order chi connectivity index (χ0) is 24.1. The van der Waals surface area contributed by atoms with Gasteiger partial charge < -0.3 is 19.4 Å². The number of nitro benzene ring substituents is 1. The Bertz CT molecular complexity index is 1350. The highest BCUT2D eigenvalue weighted by Crippen LogP contribution is 2.29. The molecule has 0 spiro atoms. The quantitative estimate of drug-likeness (QED) is 0.215. The van der Waals surface area contributed by atoms with E-state index in [9.17, 15) is 14.9 Å². The first-order valence-electron chi connectivity index (χ1n) is 10.2. The van der Waals surface area contributed by atoms with E-state index in [4.69, 9.17) is 9.47 Å². The molecule has 0 radical (unpaired) electrons. The van der Waals surface area contributed by atoms with E-state index in [2.05, 4.69) is 15.5 Å². The molecule has 174 valence electrons. The number of carbonyl (C=O) groups is 1. The van der Waals surface area contributed by atoms with Gasteiger partial charge in [0.25, 0.3) is 5.69 Å². The number of amides is 1. The summed E-state index contributed by atoms with van der Waals surface area (Å²) in [5.74, 6) is 1.27. The number of aromatic nitrogens is 3. The average Bonchev–Trinajstić information content (AvgIpc) is 3.20. The maximum atomic E-state index is 12.4. The van der Waals surface area contributed by atoms with Gasteiger partial charge in [0.1, 0.15) is 23.8 Å². The SMILES string of the molecule is COc1ccc(NC(=O)CSc2nnc(COc3cccc4ccccc34)n2C)c([N+](=O)[O-])c1. The van der Waals surface area contributed by atoms with Gasteiger partial charge in [-0.3, -0.25) is 14.9 Å². The summed E-state index contributed by atoms with van der Waals surface area (Å²) in [4.78, 5) is 23.1. The molecule has 0 fully saturated rings. The Morgan fingerprint density at radius 1 is 1.15 bits per heavy atom. The van der Waals surface area contributed by atoms with Crippen LogP contribution < -0.4 is 14.8 Å². The number of rotatable bonds is 9. The van der Waals surface area contributed by atoms with E-state index >= 15 is 0 Å². The number of hydrogen-bond donors (Lipinski definition) is 1. The van der Waals surface area contributed by atoms with Crippen molar-refractivity contribution >= 4 is 39.8 Å². The Balaban J connectivity index is 1.37. The Hall–Kier alpha value is -4.12. The second-order valence-electron chi connectivity index (χ2n) is 7.20. The lowest BCUT2D eigenvalue weighted by Crippen LogP contribution is -2.15. The van der Waals surface area contributed by atoms with Crippen LogP contribution in [0, 0.1) is 10.1 Å². The molecular formula is C23H21N5O5S. The molecule has 10 nitrogen and oxygen atoms in total. The van der Waals surface area contributed by atoms with Crippen LogP contribution in [-0.4, -0.2) is 38.5 Å². The molecule has 1 amide bonds. The van der Waals surface area contributed by atoms with Crippen molar-refractivity contribution in [3.63, 3.8) is 0 Å². The Morgan fingerprint density at radius 2 is 1.94 bits per heavy atom. The molecule has 0 bridgehead atoms. The van der Waals surface area contributed by atoms with Crippen molar-refractivity contribution < 1.29 is 19.2 Å². The standard InChI is InChI=1S/C23H21N5O5S/c1-27-21(13-33-20-9-5-7-15-6-3-4-8-17(15)20)25-26-23(27)34-14-22(29)24-18-11-10-16(32-2)12-19(18)28(30)31/h3-12H,13-14H2,1-2H3,(H,24,29). The smallest absolute Gasteiger partial charge is 0.296 e. The number of thioether (sulfide) groups is 1. The molecule has 0 saturated heterocycles. The third kappa shape index (κ3) is 5.09. The molecule has 0 saturated carbocycles. The van der Waals surface area contributed by atoms with Gasteiger partial charge in [-0.2, -0.15) is 0 Å². The lowest BCUT2D eigenvalue weighted by atomic mass is 10.1. The molecule has 0 aliphatic rings. The second kappa shape index (κ2) is 10.2. The third-order valence-electron chi connectivity index (χ3n) is 5.04. The Kier molecular flexibility index (Phi) is 6.93. The fraction of sp³-hybridized carbons (Fsp3) is 0.174. The van der Waals surface area contributed by atoms with Crippen LogP contribution in [0.25, 0.3) is 10.8 Å². The van der Waals surface area contributed by atoms with E-state index < -0.39 is 10.8 Å². The molecule has 11 heteroatoms. The summed E-state index contributed by atoms with van der Waals surface area (Å²) < 4.78 is 12.7. The summed E-state index contributed by atoms with van der Waals surface area (Å²) in [6, 6.07) is 18.0. The van der Waals surface area contributed by atoms with Crippen molar-refractivity contribution in [2.45, 2.75) is 11.8 Å². The molecule has 1 N–H and O–H groups in total. The normalized spacial score (nSPS) is 10.8.